The Balaban J connectivity index is 0.000000249. The van der Waals surface area contributed by atoms with Crippen molar-refractivity contribution < 1.29 is 5.11 Å². The molecule has 2 aliphatic heterocycles. The third-order valence-corrected chi connectivity index (χ3v) is 3.79. The van der Waals surface area contributed by atoms with Gasteiger partial charge in [-0.1, -0.05) is 0 Å². The predicted octanol–water partition coefficient (Wildman–Crippen LogP) is 0.278. The zero-order valence-electron chi connectivity index (χ0n) is 11.4. The van der Waals surface area contributed by atoms with Crippen molar-refractivity contribution in [1.82, 2.24) is 15.5 Å². The first-order valence-corrected chi connectivity index (χ1v) is 6.95. The Kier molecular flexibility index (Phi) is 7.77. The molecule has 0 aliphatic carbocycles. The van der Waals surface area contributed by atoms with Gasteiger partial charge < -0.3 is 20.6 Å². The van der Waals surface area contributed by atoms with Crippen LogP contribution in [0.2, 0.25) is 0 Å². The molecule has 3 N–H and O–H groups in total. The molecule has 1 unspecified atom stereocenters. The largest absolute Gasteiger partial charge is 0.395 e. The number of aliphatic hydroxyl groups is 1. The first-order valence-electron chi connectivity index (χ1n) is 6.95. The van der Waals surface area contributed by atoms with Crippen molar-refractivity contribution in [2.24, 2.45) is 5.92 Å². The van der Waals surface area contributed by atoms with Crippen LogP contribution in [0.1, 0.15) is 25.7 Å². The standard InChI is InChI=1S/C10H20N2.C3H9NO/c1-12-7-4-9(5-8-12)10-3-2-6-11-10;1-4-2-3-5/h9-11H,2-8H2,1H3;4-5H,2-3H2,1H3. The van der Waals surface area contributed by atoms with Gasteiger partial charge in [0.15, 0.2) is 0 Å². The van der Waals surface area contributed by atoms with E-state index in [2.05, 4.69) is 22.6 Å². The van der Waals surface area contributed by atoms with Crippen LogP contribution in [0.15, 0.2) is 0 Å². The lowest BCUT2D eigenvalue weighted by atomic mass is 9.89. The second-order valence-corrected chi connectivity index (χ2v) is 5.17. The van der Waals surface area contributed by atoms with Gasteiger partial charge in [-0.05, 0) is 65.3 Å². The first kappa shape index (κ1) is 14.9. The average Bonchev–Trinajstić information content (AvgIpc) is 2.85. The highest BCUT2D eigenvalue weighted by atomic mass is 16.3. The number of piperidine rings is 1. The van der Waals surface area contributed by atoms with Crippen LogP contribution in [0, 0.1) is 5.92 Å². The summed E-state index contributed by atoms with van der Waals surface area (Å²) in [6.07, 6.45) is 5.65. The Morgan fingerprint density at radius 2 is 2.00 bits per heavy atom. The summed E-state index contributed by atoms with van der Waals surface area (Å²) in [6, 6.07) is 0.860. The van der Waals surface area contributed by atoms with Crippen LogP contribution in [-0.4, -0.2) is 62.9 Å². The number of likely N-dealkylation sites (tertiary alicyclic amines) is 1. The van der Waals surface area contributed by atoms with Gasteiger partial charge in [0.1, 0.15) is 0 Å². The highest BCUT2D eigenvalue weighted by Gasteiger charge is 2.26. The van der Waals surface area contributed by atoms with E-state index in [1.165, 1.54) is 45.3 Å². The normalized spacial score (nSPS) is 26.6. The molecule has 2 heterocycles. The molecule has 2 aliphatic rings. The predicted molar refractivity (Wildman–Crippen MR) is 72.3 cm³/mol. The molecule has 0 bridgehead atoms. The Bertz CT molecular complexity index is 174. The van der Waals surface area contributed by atoms with E-state index < -0.39 is 0 Å². The summed E-state index contributed by atoms with van der Waals surface area (Å²) in [6.45, 7) is 4.80. The van der Waals surface area contributed by atoms with E-state index in [9.17, 15) is 0 Å². The van der Waals surface area contributed by atoms with Gasteiger partial charge in [-0.25, -0.2) is 0 Å². The van der Waals surface area contributed by atoms with Gasteiger partial charge >= 0.3 is 0 Å². The van der Waals surface area contributed by atoms with E-state index in [4.69, 9.17) is 5.11 Å². The van der Waals surface area contributed by atoms with Crippen molar-refractivity contribution in [1.29, 1.82) is 0 Å². The summed E-state index contributed by atoms with van der Waals surface area (Å²) in [5.74, 6) is 0.976. The fourth-order valence-electron chi connectivity index (χ4n) is 2.66. The third kappa shape index (κ3) is 5.82. The number of nitrogens with zero attached hydrogens (tertiary/aromatic N) is 1. The minimum absolute atomic E-state index is 0.233. The highest BCUT2D eigenvalue weighted by Crippen LogP contribution is 2.24. The van der Waals surface area contributed by atoms with Crippen LogP contribution < -0.4 is 10.6 Å². The number of hydrogen-bond donors (Lipinski definition) is 3. The Hall–Kier alpha value is -0.160. The zero-order chi connectivity index (χ0) is 12.5. The number of hydrogen-bond acceptors (Lipinski definition) is 4. The topological polar surface area (TPSA) is 47.5 Å². The lowest BCUT2D eigenvalue weighted by Gasteiger charge is -2.32. The Labute approximate surface area is 106 Å². The molecule has 0 radical (unpaired) electrons. The summed E-state index contributed by atoms with van der Waals surface area (Å²) in [5, 5.41) is 14.4. The minimum Gasteiger partial charge on any atom is -0.395 e. The van der Waals surface area contributed by atoms with Crippen molar-refractivity contribution in [2.45, 2.75) is 31.7 Å². The summed E-state index contributed by atoms with van der Waals surface area (Å²) in [7, 11) is 4.04. The molecule has 0 aromatic rings. The summed E-state index contributed by atoms with van der Waals surface area (Å²) in [5.41, 5.74) is 0. The highest BCUT2D eigenvalue weighted by molar-refractivity contribution is 4.84. The smallest absolute Gasteiger partial charge is 0.0555 e. The fraction of sp³-hybridized carbons (Fsp3) is 1.00. The maximum Gasteiger partial charge on any atom is 0.0555 e. The molecular weight excluding hydrogens is 214 g/mol. The van der Waals surface area contributed by atoms with Crippen LogP contribution in [0.4, 0.5) is 0 Å². The van der Waals surface area contributed by atoms with Crippen molar-refractivity contribution >= 4 is 0 Å². The van der Waals surface area contributed by atoms with Crippen LogP contribution in [0.25, 0.3) is 0 Å². The Morgan fingerprint density at radius 1 is 1.29 bits per heavy atom. The van der Waals surface area contributed by atoms with Gasteiger partial charge in [0, 0.05) is 12.6 Å². The summed E-state index contributed by atoms with van der Waals surface area (Å²) in [4.78, 5) is 2.45. The molecule has 17 heavy (non-hydrogen) atoms. The average molecular weight is 243 g/mol. The number of nitrogens with one attached hydrogen (secondary N) is 2. The van der Waals surface area contributed by atoms with E-state index >= 15 is 0 Å². The van der Waals surface area contributed by atoms with Gasteiger partial charge in [0.25, 0.3) is 0 Å². The van der Waals surface area contributed by atoms with Crippen molar-refractivity contribution in [3.05, 3.63) is 0 Å². The lowest BCUT2D eigenvalue weighted by molar-refractivity contribution is 0.191. The molecule has 4 heteroatoms. The molecule has 2 rings (SSSR count). The van der Waals surface area contributed by atoms with E-state index in [-0.39, 0.29) is 6.61 Å². The third-order valence-electron chi connectivity index (χ3n) is 3.79. The van der Waals surface area contributed by atoms with Crippen LogP contribution in [0.3, 0.4) is 0 Å². The number of likely N-dealkylation sites (N-methyl/N-ethyl adjacent to an activating group) is 1. The molecule has 1 atom stereocenters. The zero-order valence-corrected chi connectivity index (χ0v) is 11.4. The van der Waals surface area contributed by atoms with Crippen molar-refractivity contribution in [2.75, 3.05) is 46.9 Å². The monoisotopic (exact) mass is 243 g/mol. The minimum atomic E-state index is 0.233. The molecule has 0 saturated carbocycles. The maximum absolute atomic E-state index is 8.00. The molecule has 102 valence electrons. The number of rotatable bonds is 3. The van der Waals surface area contributed by atoms with Gasteiger partial charge in [0.2, 0.25) is 0 Å². The summed E-state index contributed by atoms with van der Waals surface area (Å²) < 4.78 is 0. The first-order chi connectivity index (χ1) is 8.27. The van der Waals surface area contributed by atoms with Crippen LogP contribution >= 0.6 is 0 Å². The van der Waals surface area contributed by atoms with Gasteiger partial charge in [-0.15, -0.1) is 0 Å². The SMILES string of the molecule is CN1CCC(C2CCCN2)CC1.CNCCO. The Morgan fingerprint density at radius 3 is 2.41 bits per heavy atom. The van der Waals surface area contributed by atoms with Gasteiger partial charge in [-0.2, -0.15) is 0 Å². The molecular formula is C13H29N3O. The quantitative estimate of drug-likeness (QED) is 0.666. The van der Waals surface area contributed by atoms with Gasteiger partial charge in [0.05, 0.1) is 6.61 Å². The van der Waals surface area contributed by atoms with E-state index in [1.807, 2.05) is 0 Å². The van der Waals surface area contributed by atoms with Crippen LogP contribution in [-0.2, 0) is 0 Å². The fourth-order valence-corrected chi connectivity index (χ4v) is 2.66. The molecule has 0 aromatic heterocycles. The maximum atomic E-state index is 8.00. The molecule has 0 spiro atoms. The van der Waals surface area contributed by atoms with Gasteiger partial charge in [-0.3, -0.25) is 0 Å². The lowest BCUT2D eigenvalue weighted by Crippen LogP contribution is -2.39. The van der Waals surface area contributed by atoms with E-state index in [0.29, 0.717) is 6.54 Å². The molecule has 0 amide bonds. The second-order valence-electron chi connectivity index (χ2n) is 5.17. The number of aliphatic hydroxyl groups excluding tert-OH is 1. The molecule has 2 fully saturated rings. The van der Waals surface area contributed by atoms with E-state index in [1.54, 1.807) is 7.05 Å². The molecule has 2 saturated heterocycles. The summed E-state index contributed by atoms with van der Waals surface area (Å²) >= 11 is 0. The van der Waals surface area contributed by atoms with E-state index in [0.717, 1.165) is 12.0 Å². The van der Waals surface area contributed by atoms with Crippen molar-refractivity contribution in [3.8, 4) is 0 Å². The van der Waals surface area contributed by atoms with Crippen LogP contribution in [0.5, 0.6) is 0 Å². The molecule has 0 aromatic carbocycles. The second kappa shape index (κ2) is 8.86. The molecule has 4 nitrogen and oxygen atoms in total. The van der Waals surface area contributed by atoms with Crippen molar-refractivity contribution in [3.63, 3.8) is 0 Å².